The zero-order valence-electron chi connectivity index (χ0n) is 14.4. The van der Waals surface area contributed by atoms with Gasteiger partial charge in [0.1, 0.15) is 12.0 Å². The van der Waals surface area contributed by atoms with Crippen LogP contribution in [-0.4, -0.2) is 49.9 Å². The summed E-state index contributed by atoms with van der Waals surface area (Å²) in [5.41, 5.74) is 2.79. The van der Waals surface area contributed by atoms with Crippen molar-refractivity contribution in [2.75, 3.05) is 37.7 Å². The summed E-state index contributed by atoms with van der Waals surface area (Å²) in [4.78, 5) is 27.3. The Kier molecular flexibility index (Phi) is 5.33. The summed E-state index contributed by atoms with van der Waals surface area (Å²) in [6.45, 7) is 4.90. The highest BCUT2D eigenvalue weighted by Crippen LogP contribution is 2.20. The summed E-state index contributed by atoms with van der Waals surface area (Å²) in [7, 11) is 0. The molecule has 5 nitrogen and oxygen atoms in total. The van der Waals surface area contributed by atoms with Crippen molar-refractivity contribution in [2.24, 2.45) is 0 Å². The fraction of sp³-hybridized carbons (Fsp3) is 0.300. The van der Waals surface area contributed by atoms with Crippen LogP contribution in [0, 0.1) is 6.92 Å². The summed E-state index contributed by atoms with van der Waals surface area (Å²) < 4.78 is 5.54. The molecule has 0 aromatic heterocycles. The van der Waals surface area contributed by atoms with E-state index in [0.717, 1.165) is 36.2 Å². The fourth-order valence-corrected chi connectivity index (χ4v) is 2.96. The molecule has 1 saturated heterocycles. The van der Waals surface area contributed by atoms with E-state index in [-0.39, 0.29) is 12.5 Å². The van der Waals surface area contributed by atoms with E-state index >= 15 is 0 Å². The smallest absolute Gasteiger partial charge is 0.260 e. The number of carbonyl (C=O) groups is 2. The predicted octanol–water partition coefficient (Wildman–Crippen LogP) is 2.54. The maximum absolute atomic E-state index is 12.3. The third-order valence-corrected chi connectivity index (χ3v) is 4.48. The van der Waals surface area contributed by atoms with Crippen molar-refractivity contribution in [2.45, 2.75) is 6.92 Å². The molecule has 0 radical (unpaired) electrons. The monoisotopic (exact) mass is 338 g/mol. The Hall–Kier alpha value is -2.82. The summed E-state index contributed by atoms with van der Waals surface area (Å²) in [5, 5.41) is 0. The molecule has 0 bridgehead atoms. The number of nitrogens with zero attached hydrogens (tertiary/aromatic N) is 2. The zero-order valence-corrected chi connectivity index (χ0v) is 14.4. The molecule has 1 amide bonds. The van der Waals surface area contributed by atoms with Crippen molar-refractivity contribution >= 4 is 17.9 Å². The van der Waals surface area contributed by atoms with Crippen molar-refractivity contribution in [3.8, 4) is 5.75 Å². The van der Waals surface area contributed by atoms with Crippen LogP contribution in [0.2, 0.25) is 0 Å². The number of aldehydes is 1. The summed E-state index contributed by atoms with van der Waals surface area (Å²) in [6, 6.07) is 15.2. The molecule has 0 saturated carbocycles. The first kappa shape index (κ1) is 17.0. The van der Waals surface area contributed by atoms with E-state index in [2.05, 4.69) is 4.90 Å². The number of rotatable bonds is 5. The first-order valence-electron chi connectivity index (χ1n) is 8.44. The van der Waals surface area contributed by atoms with Gasteiger partial charge in [-0.3, -0.25) is 9.59 Å². The molecular formula is C20H22N2O3. The van der Waals surface area contributed by atoms with Crippen LogP contribution >= 0.6 is 0 Å². The van der Waals surface area contributed by atoms with E-state index in [1.165, 1.54) is 0 Å². The Morgan fingerprint density at radius 3 is 2.44 bits per heavy atom. The Morgan fingerprint density at radius 2 is 1.80 bits per heavy atom. The standard InChI is InChI=1S/C20H22N2O3/c1-16-13-18(8-7-17(16)14-23)21-9-11-22(12-10-21)20(24)15-25-19-5-3-2-4-6-19/h2-8,13-14H,9-12,15H2,1H3. The van der Waals surface area contributed by atoms with Crippen LogP contribution in [0.4, 0.5) is 5.69 Å². The molecule has 0 spiro atoms. The SMILES string of the molecule is Cc1cc(N2CCN(C(=O)COc3ccccc3)CC2)ccc1C=O. The van der Waals surface area contributed by atoms with Crippen molar-refractivity contribution in [1.29, 1.82) is 0 Å². The third-order valence-electron chi connectivity index (χ3n) is 4.48. The van der Waals surface area contributed by atoms with E-state index in [4.69, 9.17) is 4.74 Å². The van der Waals surface area contributed by atoms with E-state index in [1.54, 1.807) is 0 Å². The summed E-state index contributed by atoms with van der Waals surface area (Å²) in [6.07, 6.45) is 0.877. The number of ether oxygens (including phenoxy) is 1. The lowest BCUT2D eigenvalue weighted by Crippen LogP contribution is -2.50. The first-order chi connectivity index (χ1) is 12.2. The van der Waals surface area contributed by atoms with Crippen LogP contribution in [0.5, 0.6) is 5.75 Å². The topological polar surface area (TPSA) is 49.9 Å². The third kappa shape index (κ3) is 4.18. The molecular weight excluding hydrogens is 316 g/mol. The van der Waals surface area contributed by atoms with Crippen LogP contribution in [0.3, 0.4) is 0 Å². The van der Waals surface area contributed by atoms with Gasteiger partial charge in [-0.25, -0.2) is 0 Å². The van der Waals surface area contributed by atoms with Gasteiger partial charge in [-0.15, -0.1) is 0 Å². The van der Waals surface area contributed by atoms with Gasteiger partial charge in [0.25, 0.3) is 5.91 Å². The van der Waals surface area contributed by atoms with Gasteiger partial charge >= 0.3 is 0 Å². The zero-order chi connectivity index (χ0) is 17.6. The van der Waals surface area contributed by atoms with Crippen molar-refractivity contribution in [1.82, 2.24) is 4.90 Å². The van der Waals surface area contributed by atoms with Gasteiger partial charge in [0, 0.05) is 37.4 Å². The predicted molar refractivity (Wildman–Crippen MR) is 97.3 cm³/mol. The molecule has 130 valence electrons. The Labute approximate surface area is 147 Å². The van der Waals surface area contributed by atoms with E-state index in [0.29, 0.717) is 18.8 Å². The van der Waals surface area contributed by atoms with Gasteiger partial charge in [-0.2, -0.15) is 0 Å². The van der Waals surface area contributed by atoms with Crippen LogP contribution in [0.25, 0.3) is 0 Å². The van der Waals surface area contributed by atoms with Crippen LogP contribution in [0.1, 0.15) is 15.9 Å². The number of amides is 1. The average molecular weight is 338 g/mol. The van der Waals surface area contributed by atoms with Crippen LogP contribution < -0.4 is 9.64 Å². The summed E-state index contributed by atoms with van der Waals surface area (Å²) in [5.74, 6) is 0.719. The quantitative estimate of drug-likeness (QED) is 0.786. The van der Waals surface area contributed by atoms with Gasteiger partial charge in [-0.05, 0) is 42.8 Å². The van der Waals surface area contributed by atoms with Crippen molar-refractivity contribution in [3.63, 3.8) is 0 Å². The minimum atomic E-state index is 0.0102. The molecule has 0 aliphatic carbocycles. The Bertz CT molecular complexity index is 738. The Morgan fingerprint density at radius 1 is 1.08 bits per heavy atom. The van der Waals surface area contributed by atoms with Gasteiger partial charge in [-0.1, -0.05) is 18.2 Å². The molecule has 2 aromatic carbocycles. The minimum Gasteiger partial charge on any atom is -0.484 e. The fourth-order valence-electron chi connectivity index (χ4n) is 2.96. The molecule has 0 N–H and O–H groups in total. The number of hydrogen-bond donors (Lipinski definition) is 0. The maximum Gasteiger partial charge on any atom is 0.260 e. The first-order valence-corrected chi connectivity index (χ1v) is 8.44. The normalized spacial score (nSPS) is 14.3. The number of benzene rings is 2. The number of anilines is 1. The molecule has 2 aromatic rings. The second-order valence-corrected chi connectivity index (χ2v) is 6.13. The lowest BCUT2D eigenvalue weighted by Gasteiger charge is -2.36. The highest BCUT2D eigenvalue weighted by Gasteiger charge is 2.21. The van der Waals surface area contributed by atoms with Crippen LogP contribution in [-0.2, 0) is 4.79 Å². The van der Waals surface area contributed by atoms with E-state index < -0.39 is 0 Å². The molecule has 5 heteroatoms. The van der Waals surface area contributed by atoms with Gasteiger partial charge in [0.15, 0.2) is 6.61 Å². The lowest BCUT2D eigenvalue weighted by atomic mass is 10.1. The molecule has 0 unspecified atom stereocenters. The average Bonchev–Trinajstić information content (AvgIpc) is 2.67. The highest BCUT2D eigenvalue weighted by molar-refractivity contribution is 5.79. The van der Waals surface area contributed by atoms with Crippen molar-refractivity contribution < 1.29 is 14.3 Å². The molecule has 1 aliphatic rings. The highest BCUT2D eigenvalue weighted by atomic mass is 16.5. The lowest BCUT2D eigenvalue weighted by molar-refractivity contribution is -0.133. The molecule has 1 heterocycles. The second kappa shape index (κ2) is 7.83. The van der Waals surface area contributed by atoms with Gasteiger partial charge in [0.05, 0.1) is 0 Å². The Balaban J connectivity index is 1.52. The molecule has 3 rings (SSSR count). The number of carbonyl (C=O) groups excluding carboxylic acids is 2. The number of piperazine rings is 1. The van der Waals surface area contributed by atoms with Gasteiger partial charge in [0.2, 0.25) is 0 Å². The van der Waals surface area contributed by atoms with E-state index in [1.807, 2.05) is 60.4 Å². The van der Waals surface area contributed by atoms with E-state index in [9.17, 15) is 9.59 Å². The summed E-state index contributed by atoms with van der Waals surface area (Å²) >= 11 is 0. The maximum atomic E-state index is 12.3. The van der Waals surface area contributed by atoms with Crippen LogP contribution in [0.15, 0.2) is 48.5 Å². The van der Waals surface area contributed by atoms with Gasteiger partial charge < -0.3 is 14.5 Å². The number of para-hydroxylation sites is 1. The number of hydrogen-bond acceptors (Lipinski definition) is 4. The molecule has 25 heavy (non-hydrogen) atoms. The molecule has 0 atom stereocenters. The molecule has 1 aliphatic heterocycles. The largest absolute Gasteiger partial charge is 0.484 e. The second-order valence-electron chi connectivity index (χ2n) is 6.13. The number of aryl methyl sites for hydroxylation is 1. The minimum absolute atomic E-state index is 0.0102. The molecule has 1 fully saturated rings. The van der Waals surface area contributed by atoms with Crippen molar-refractivity contribution in [3.05, 3.63) is 59.7 Å².